The molecule has 0 atom stereocenters. The first kappa shape index (κ1) is 18.2. The number of phenolic OH excluding ortho intramolecular Hbond substituents is 1. The van der Waals surface area contributed by atoms with Crippen LogP contribution in [0, 0.1) is 0 Å². The molecule has 0 radical (unpaired) electrons. The van der Waals surface area contributed by atoms with Gasteiger partial charge < -0.3 is 5.11 Å². The number of nitrogens with zero attached hydrogens (tertiary/aromatic N) is 3. The van der Waals surface area contributed by atoms with E-state index in [1.807, 2.05) is 67.1 Å². The van der Waals surface area contributed by atoms with E-state index in [0.717, 1.165) is 26.8 Å². The second-order valence-electron chi connectivity index (χ2n) is 6.77. The molecule has 1 heterocycles. The van der Waals surface area contributed by atoms with Gasteiger partial charge in [0.2, 0.25) is 4.80 Å². The van der Waals surface area contributed by atoms with Gasteiger partial charge in [-0.15, -0.1) is 11.3 Å². The number of aromatic nitrogens is 1. The van der Waals surface area contributed by atoms with Crippen molar-refractivity contribution in [1.82, 2.24) is 4.68 Å². The fourth-order valence-electron chi connectivity index (χ4n) is 3.06. The number of aromatic hydroxyl groups is 1. The highest BCUT2D eigenvalue weighted by Crippen LogP contribution is 2.26. The molecule has 1 N–H and O–H groups in total. The van der Waals surface area contributed by atoms with Gasteiger partial charge in [-0.25, -0.2) is 4.68 Å². The lowest BCUT2D eigenvalue weighted by atomic mass is 10.0. The summed E-state index contributed by atoms with van der Waals surface area (Å²) in [5, 5.41) is 19.2. The van der Waals surface area contributed by atoms with Crippen molar-refractivity contribution in [2.24, 2.45) is 10.1 Å². The highest BCUT2D eigenvalue weighted by atomic mass is 32.1. The van der Waals surface area contributed by atoms with Crippen molar-refractivity contribution in [3.8, 4) is 17.0 Å². The van der Waals surface area contributed by atoms with Gasteiger partial charge in [0.05, 0.1) is 11.9 Å². The summed E-state index contributed by atoms with van der Waals surface area (Å²) in [6.45, 7) is 4.10. The lowest BCUT2D eigenvalue weighted by Gasteiger charge is -2.06. The maximum Gasteiger partial charge on any atom is 0.206 e. The molecular weight excluding hydrogens is 366 g/mol. The lowest BCUT2D eigenvalue weighted by Crippen LogP contribution is -2.14. The number of fused-ring (bicyclic) bond motifs is 1. The Morgan fingerprint density at radius 3 is 2.50 bits per heavy atom. The molecule has 5 heteroatoms. The van der Waals surface area contributed by atoms with Gasteiger partial charge >= 0.3 is 0 Å². The predicted molar refractivity (Wildman–Crippen MR) is 117 cm³/mol. The van der Waals surface area contributed by atoms with Crippen LogP contribution in [-0.2, 0) is 0 Å². The van der Waals surface area contributed by atoms with Crippen LogP contribution in [0.3, 0.4) is 0 Å². The highest BCUT2D eigenvalue weighted by molar-refractivity contribution is 7.07. The van der Waals surface area contributed by atoms with Crippen LogP contribution in [0.4, 0.5) is 0 Å². The third-order valence-corrected chi connectivity index (χ3v) is 5.20. The first-order valence-electron chi connectivity index (χ1n) is 9.18. The third-order valence-electron chi connectivity index (χ3n) is 4.37. The summed E-state index contributed by atoms with van der Waals surface area (Å²) < 4.78 is 1.85. The molecule has 4 rings (SSSR count). The summed E-state index contributed by atoms with van der Waals surface area (Å²) >= 11 is 1.56. The number of hydrogen-bond acceptors (Lipinski definition) is 4. The van der Waals surface area contributed by atoms with Crippen molar-refractivity contribution >= 4 is 28.3 Å². The minimum Gasteiger partial charge on any atom is -0.507 e. The molecule has 0 aliphatic heterocycles. The maximum absolute atomic E-state index is 10.4. The minimum atomic E-state index is 0.162. The number of hydrogen-bond donors (Lipinski definition) is 1. The molecule has 0 bridgehead atoms. The fraction of sp³-hybridized carbons (Fsp3) is 0.130. The van der Waals surface area contributed by atoms with Crippen LogP contribution >= 0.6 is 11.3 Å². The van der Waals surface area contributed by atoms with Crippen molar-refractivity contribution in [3.05, 3.63) is 82.5 Å². The van der Waals surface area contributed by atoms with Crippen LogP contribution in [0.25, 0.3) is 22.0 Å². The SMILES string of the molecule is CC(C)N=c1scc(-c2ccccc2)n1N=Cc1c(O)ccc2ccccc12. The van der Waals surface area contributed by atoms with Gasteiger partial charge in [-0.2, -0.15) is 5.10 Å². The topological polar surface area (TPSA) is 49.9 Å². The first-order chi connectivity index (χ1) is 13.6. The van der Waals surface area contributed by atoms with Gasteiger partial charge in [-0.3, -0.25) is 4.99 Å². The molecule has 28 heavy (non-hydrogen) atoms. The van der Waals surface area contributed by atoms with Crippen LogP contribution in [-0.4, -0.2) is 22.0 Å². The van der Waals surface area contributed by atoms with Crippen molar-refractivity contribution < 1.29 is 5.11 Å². The molecule has 0 unspecified atom stereocenters. The summed E-state index contributed by atoms with van der Waals surface area (Å²) in [4.78, 5) is 5.53. The number of rotatable bonds is 4. The Morgan fingerprint density at radius 1 is 0.964 bits per heavy atom. The first-order valence-corrected chi connectivity index (χ1v) is 10.1. The Hall–Kier alpha value is -3.18. The molecule has 0 amide bonds. The quantitative estimate of drug-likeness (QED) is 0.477. The van der Waals surface area contributed by atoms with Crippen molar-refractivity contribution in [3.63, 3.8) is 0 Å². The molecule has 1 aromatic heterocycles. The Balaban J connectivity index is 1.88. The molecule has 0 saturated heterocycles. The molecule has 4 aromatic rings. The second-order valence-corrected chi connectivity index (χ2v) is 7.60. The number of thiazole rings is 1. The molecule has 3 aromatic carbocycles. The van der Waals surface area contributed by atoms with E-state index in [2.05, 4.69) is 17.5 Å². The zero-order valence-electron chi connectivity index (χ0n) is 15.8. The monoisotopic (exact) mass is 387 g/mol. The highest BCUT2D eigenvalue weighted by Gasteiger charge is 2.09. The lowest BCUT2D eigenvalue weighted by molar-refractivity contribution is 0.475. The zero-order valence-corrected chi connectivity index (χ0v) is 16.6. The number of phenols is 1. The van der Waals surface area contributed by atoms with Crippen LogP contribution in [0.15, 0.2) is 82.2 Å². The number of benzene rings is 3. The van der Waals surface area contributed by atoms with E-state index in [4.69, 9.17) is 10.1 Å². The summed E-state index contributed by atoms with van der Waals surface area (Å²) in [6.07, 6.45) is 1.72. The van der Waals surface area contributed by atoms with Gasteiger partial charge in [0.25, 0.3) is 0 Å². The predicted octanol–water partition coefficient (Wildman–Crippen LogP) is 5.27. The van der Waals surface area contributed by atoms with Crippen LogP contribution < -0.4 is 4.80 Å². The average molecular weight is 388 g/mol. The van der Waals surface area contributed by atoms with E-state index in [-0.39, 0.29) is 11.8 Å². The zero-order chi connectivity index (χ0) is 19.5. The molecule has 0 spiro atoms. The van der Waals surface area contributed by atoms with Crippen LogP contribution in [0.2, 0.25) is 0 Å². The van der Waals surface area contributed by atoms with Crippen molar-refractivity contribution in [2.45, 2.75) is 19.9 Å². The van der Waals surface area contributed by atoms with Gasteiger partial charge in [0.15, 0.2) is 0 Å². The molecule has 4 nitrogen and oxygen atoms in total. The molecule has 140 valence electrons. The molecular formula is C23H21N3OS. The summed E-state index contributed by atoms with van der Waals surface area (Å²) in [5.74, 6) is 0.210. The van der Waals surface area contributed by atoms with E-state index in [9.17, 15) is 5.11 Å². The minimum absolute atomic E-state index is 0.162. The summed E-state index contributed by atoms with van der Waals surface area (Å²) in [6, 6.07) is 21.9. The normalized spacial score (nSPS) is 12.5. The summed E-state index contributed by atoms with van der Waals surface area (Å²) in [7, 11) is 0. The standard InChI is InChI=1S/C23H21N3OS/c1-16(2)25-23-26(21(15-28-23)18-9-4-3-5-10-18)24-14-20-19-11-7-6-8-17(19)12-13-22(20)27/h3-16,27H,1-2H3. The average Bonchev–Trinajstić information content (AvgIpc) is 3.09. The molecule has 0 fully saturated rings. The Labute approximate surface area is 167 Å². The van der Waals surface area contributed by atoms with Crippen LogP contribution in [0.1, 0.15) is 19.4 Å². The Kier molecular flexibility index (Phi) is 5.08. The van der Waals surface area contributed by atoms with Gasteiger partial charge in [0.1, 0.15) is 5.75 Å². The second kappa shape index (κ2) is 7.82. The van der Waals surface area contributed by atoms with E-state index in [1.54, 1.807) is 23.6 Å². The van der Waals surface area contributed by atoms with E-state index >= 15 is 0 Å². The van der Waals surface area contributed by atoms with Crippen molar-refractivity contribution in [1.29, 1.82) is 0 Å². The van der Waals surface area contributed by atoms with Crippen LogP contribution in [0.5, 0.6) is 5.75 Å². The smallest absolute Gasteiger partial charge is 0.206 e. The fourth-order valence-corrected chi connectivity index (χ4v) is 4.03. The van der Waals surface area contributed by atoms with E-state index in [1.165, 1.54) is 0 Å². The molecule has 0 saturated carbocycles. The van der Waals surface area contributed by atoms with Crippen molar-refractivity contribution in [2.75, 3.05) is 0 Å². The Morgan fingerprint density at radius 2 is 1.71 bits per heavy atom. The molecule has 0 aliphatic carbocycles. The largest absolute Gasteiger partial charge is 0.507 e. The maximum atomic E-state index is 10.4. The third kappa shape index (κ3) is 3.62. The molecule has 0 aliphatic rings. The summed E-state index contributed by atoms with van der Waals surface area (Å²) in [5.41, 5.74) is 2.75. The van der Waals surface area contributed by atoms with E-state index < -0.39 is 0 Å². The van der Waals surface area contributed by atoms with E-state index in [0.29, 0.717) is 5.56 Å². The van der Waals surface area contributed by atoms with Gasteiger partial charge in [-0.05, 0) is 30.7 Å². The van der Waals surface area contributed by atoms with Gasteiger partial charge in [0, 0.05) is 22.5 Å². The Bertz CT molecular complexity index is 1200. The van der Waals surface area contributed by atoms with Gasteiger partial charge in [-0.1, -0.05) is 60.7 Å².